The van der Waals surface area contributed by atoms with Gasteiger partial charge in [-0.1, -0.05) is 25.0 Å². The average molecular weight is 209 g/mol. The summed E-state index contributed by atoms with van der Waals surface area (Å²) in [4.78, 5) is 0. The third-order valence-electron chi connectivity index (χ3n) is 3.77. The molecule has 2 aliphatic rings. The van der Waals surface area contributed by atoms with Gasteiger partial charge >= 0.3 is 0 Å². The Morgan fingerprint density at radius 3 is 3.07 bits per heavy atom. The molecule has 0 aromatic heterocycles. The van der Waals surface area contributed by atoms with Crippen molar-refractivity contribution >= 4 is 0 Å². The van der Waals surface area contributed by atoms with E-state index in [0.29, 0.717) is 0 Å². The van der Waals surface area contributed by atoms with Crippen LogP contribution in [0.5, 0.6) is 0 Å². The summed E-state index contributed by atoms with van der Waals surface area (Å²) in [6.45, 7) is 5.28. The minimum Gasteiger partial charge on any atom is -0.377 e. The van der Waals surface area contributed by atoms with E-state index in [4.69, 9.17) is 4.74 Å². The average Bonchev–Trinajstić information content (AvgIpc) is 2.66. The van der Waals surface area contributed by atoms with Crippen molar-refractivity contribution in [3.8, 4) is 0 Å². The first-order valence-corrected chi connectivity index (χ1v) is 6.35. The molecule has 2 unspecified atom stereocenters. The molecule has 0 saturated heterocycles. The first kappa shape index (κ1) is 11.2. The molecular weight excluding hydrogens is 186 g/mol. The maximum atomic E-state index is 5.30. The number of hydrogen-bond acceptors (Lipinski definition) is 2. The lowest BCUT2D eigenvalue weighted by molar-refractivity contribution is 0.153. The van der Waals surface area contributed by atoms with Gasteiger partial charge in [0.25, 0.3) is 0 Å². The Kier molecular flexibility index (Phi) is 4.21. The molecule has 0 radical (unpaired) electrons. The van der Waals surface area contributed by atoms with Crippen LogP contribution in [0.25, 0.3) is 0 Å². The standard InChI is InChI=1S/C13H23NO/c1-11-3-2-4-13(11)14-8-5-12-6-9-15-10-7-12/h6,11,13-14H,2-5,7-10H2,1H3. The van der Waals surface area contributed by atoms with Gasteiger partial charge in [-0.2, -0.15) is 0 Å². The smallest absolute Gasteiger partial charge is 0.0650 e. The highest BCUT2D eigenvalue weighted by Crippen LogP contribution is 2.24. The Labute approximate surface area is 93.1 Å². The molecule has 0 aromatic carbocycles. The van der Waals surface area contributed by atoms with E-state index in [1.165, 1.54) is 25.7 Å². The fourth-order valence-corrected chi connectivity index (χ4v) is 2.66. The van der Waals surface area contributed by atoms with E-state index in [1.807, 2.05) is 0 Å². The van der Waals surface area contributed by atoms with Crippen LogP contribution >= 0.6 is 0 Å². The molecule has 1 aliphatic carbocycles. The zero-order valence-electron chi connectivity index (χ0n) is 9.80. The Morgan fingerprint density at radius 2 is 2.40 bits per heavy atom. The zero-order chi connectivity index (χ0) is 10.5. The predicted molar refractivity (Wildman–Crippen MR) is 62.9 cm³/mol. The summed E-state index contributed by atoms with van der Waals surface area (Å²) in [5.74, 6) is 0.883. The van der Waals surface area contributed by atoms with Crippen LogP contribution in [0.4, 0.5) is 0 Å². The van der Waals surface area contributed by atoms with Crippen LogP contribution in [-0.2, 0) is 4.74 Å². The van der Waals surface area contributed by atoms with Gasteiger partial charge in [0.1, 0.15) is 0 Å². The first-order valence-electron chi connectivity index (χ1n) is 6.35. The first-order chi connectivity index (χ1) is 7.36. The Bertz CT molecular complexity index is 225. The van der Waals surface area contributed by atoms with Gasteiger partial charge in [-0.15, -0.1) is 0 Å². The van der Waals surface area contributed by atoms with Crippen molar-refractivity contribution < 1.29 is 4.74 Å². The van der Waals surface area contributed by atoms with E-state index in [1.54, 1.807) is 5.57 Å². The van der Waals surface area contributed by atoms with E-state index in [2.05, 4.69) is 18.3 Å². The van der Waals surface area contributed by atoms with Crippen molar-refractivity contribution in [1.29, 1.82) is 0 Å². The van der Waals surface area contributed by atoms with Crippen LogP contribution in [0.2, 0.25) is 0 Å². The van der Waals surface area contributed by atoms with Gasteiger partial charge in [0.2, 0.25) is 0 Å². The molecule has 2 rings (SSSR count). The summed E-state index contributed by atoms with van der Waals surface area (Å²) < 4.78 is 5.30. The SMILES string of the molecule is CC1CCCC1NCCC1=CCOCC1. The third kappa shape index (κ3) is 3.32. The maximum absolute atomic E-state index is 5.30. The molecular formula is C13H23NO. The second kappa shape index (κ2) is 5.66. The fourth-order valence-electron chi connectivity index (χ4n) is 2.66. The molecule has 0 amide bonds. The van der Waals surface area contributed by atoms with Crippen LogP contribution in [0, 0.1) is 5.92 Å². The molecule has 1 aliphatic heterocycles. The highest BCUT2D eigenvalue weighted by atomic mass is 16.5. The predicted octanol–water partition coefficient (Wildman–Crippen LogP) is 2.50. The molecule has 0 bridgehead atoms. The van der Waals surface area contributed by atoms with Crippen LogP contribution in [-0.4, -0.2) is 25.8 Å². The summed E-state index contributed by atoms with van der Waals surface area (Å²) in [5.41, 5.74) is 1.58. The summed E-state index contributed by atoms with van der Waals surface area (Å²) in [7, 11) is 0. The normalized spacial score (nSPS) is 31.7. The second-order valence-corrected chi connectivity index (χ2v) is 4.91. The summed E-state index contributed by atoms with van der Waals surface area (Å²) in [5, 5.41) is 3.70. The second-order valence-electron chi connectivity index (χ2n) is 4.91. The highest BCUT2D eigenvalue weighted by molar-refractivity contribution is 5.05. The molecule has 0 aromatic rings. The van der Waals surface area contributed by atoms with Crippen molar-refractivity contribution in [2.45, 2.75) is 45.1 Å². The van der Waals surface area contributed by atoms with Gasteiger partial charge in [0.05, 0.1) is 13.2 Å². The molecule has 15 heavy (non-hydrogen) atoms. The molecule has 1 saturated carbocycles. The van der Waals surface area contributed by atoms with Gasteiger partial charge < -0.3 is 10.1 Å². The van der Waals surface area contributed by atoms with Crippen molar-refractivity contribution in [1.82, 2.24) is 5.32 Å². The van der Waals surface area contributed by atoms with E-state index in [-0.39, 0.29) is 0 Å². The number of hydrogen-bond donors (Lipinski definition) is 1. The quantitative estimate of drug-likeness (QED) is 0.718. The topological polar surface area (TPSA) is 21.3 Å². The maximum Gasteiger partial charge on any atom is 0.0650 e. The van der Waals surface area contributed by atoms with E-state index in [0.717, 1.165) is 38.1 Å². The lowest BCUT2D eigenvalue weighted by Crippen LogP contribution is -2.32. The molecule has 86 valence electrons. The minimum absolute atomic E-state index is 0.783. The molecule has 0 spiro atoms. The fraction of sp³-hybridized carbons (Fsp3) is 0.846. The largest absolute Gasteiger partial charge is 0.377 e. The summed E-state index contributed by atoms with van der Waals surface area (Å²) in [6, 6.07) is 0.783. The van der Waals surface area contributed by atoms with Crippen molar-refractivity contribution in [2.75, 3.05) is 19.8 Å². The van der Waals surface area contributed by atoms with E-state index >= 15 is 0 Å². The van der Waals surface area contributed by atoms with Gasteiger partial charge in [-0.05, 0) is 38.1 Å². The van der Waals surface area contributed by atoms with Crippen LogP contribution < -0.4 is 5.32 Å². The summed E-state index contributed by atoms with van der Waals surface area (Å²) >= 11 is 0. The van der Waals surface area contributed by atoms with Crippen LogP contribution in [0.15, 0.2) is 11.6 Å². The van der Waals surface area contributed by atoms with E-state index < -0.39 is 0 Å². The number of ether oxygens (including phenoxy) is 1. The van der Waals surface area contributed by atoms with Crippen molar-refractivity contribution in [3.05, 3.63) is 11.6 Å². The van der Waals surface area contributed by atoms with Gasteiger partial charge in [0.15, 0.2) is 0 Å². The van der Waals surface area contributed by atoms with E-state index in [9.17, 15) is 0 Å². The van der Waals surface area contributed by atoms with Crippen molar-refractivity contribution in [2.24, 2.45) is 5.92 Å². The molecule has 1 N–H and O–H groups in total. The molecule has 2 heteroatoms. The molecule has 2 atom stereocenters. The molecule has 1 fully saturated rings. The Morgan fingerprint density at radius 1 is 1.47 bits per heavy atom. The number of rotatable bonds is 4. The monoisotopic (exact) mass is 209 g/mol. The minimum atomic E-state index is 0.783. The third-order valence-corrected chi connectivity index (χ3v) is 3.77. The Hall–Kier alpha value is -0.340. The molecule has 1 heterocycles. The molecule has 2 nitrogen and oxygen atoms in total. The number of nitrogens with one attached hydrogen (secondary N) is 1. The van der Waals surface area contributed by atoms with Gasteiger partial charge in [-0.25, -0.2) is 0 Å². The Balaban J connectivity index is 1.63. The van der Waals surface area contributed by atoms with Gasteiger partial charge in [0, 0.05) is 6.04 Å². The van der Waals surface area contributed by atoms with Gasteiger partial charge in [-0.3, -0.25) is 0 Å². The van der Waals surface area contributed by atoms with Crippen LogP contribution in [0.1, 0.15) is 39.0 Å². The zero-order valence-corrected chi connectivity index (χ0v) is 9.80. The lowest BCUT2D eigenvalue weighted by atomic mass is 10.0. The van der Waals surface area contributed by atoms with Crippen molar-refractivity contribution in [3.63, 3.8) is 0 Å². The highest BCUT2D eigenvalue weighted by Gasteiger charge is 2.22. The van der Waals surface area contributed by atoms with Crippen LogP contribution in [0.3, 0.4) is 0 Å². The summed E-state index contributed by atoms with van der Waals surface area (Å²) in [6.07, 6.45) is 8.81. The lowest BCUT2D eigenvalue weighted by Gasteiger charge is -2.19.